The molecule has 1 unspecified atom stereocenters. The molecule has 2 aliphatic rings. The van der Waals surface area contributed by atoms with Crippen LogP contribution in [0.1, 0.15) is 26.2 Å². The van der Waals surface area contributed by atoms with E-state index in [2.05, 4.69) is 17.1 Å². The molecule has 1 atom stereocenters. The topological polar surface area (TPSA) is 33.7 Å². The third kappa shape index (κ3) is 4.84. The summed E-state index contributed by atoms with van der Waals surface area (Å²) in [5.41, 5.74) is 0. The van der Waals surface area contributed by atoms with E-state index in [1.54, 1.807) is 0 Å². The van der Waals surface area contributed by atoms with Crippen LogP contribution >= 0.6 is 0 Å². The van der Waals surface area contributed by atoms with Crippen molar-refractivity contribution in [3.8, 4) is 0 Å². The van der Waals surface area contributed by atoms with Crippen LogP contribution in [0.25, 0.3) is 0 Å². The Labute approximate surface area is 111 Å². The van der Waals surface area contributed by atoms with Gasteiger partial charge in [-0.1, -0.05) is 0 Å². The molecule has 2 fully saturated rings. The third-order valence-electron chi connectivity index (χ3n) is 4.00. The molecular formula is C14H28N2O2. The normalized spacial score (nSPS) is 26.8. The maximum atomic E-state index is 5.67. The zero-order valence-corrected chi connectivity index (χ0v) is 11.7. The highest BCUT2D eigenvalue weighted by Crippen LogP contribution is 2.13. The number of hydrogen-bond acceptors (Lipinski definition) is 4. The van der Waals surface area contributed by atoms with Crippen LogP contribution in [0.5, 0.6) is 0 Å². The molecule has 4 nitrogen and oxygen atoms in total. The van der Waals surface area contributed by atoms with Gasteiger partial charge in [0.25, 0.3) is 0 Å². The van der Waals surface area contributed by atoms with Crippen molar-refractivity contribution in [3.05, 3.63) is 0 Å². The Morgan fingerprint density at radius 1 is 1.28 bits per heavy atom. The van der Waals surface area contributed by atoms with Crippen LogP contribution in [0.4, 0.5) is 0 Å². The molecule has 1 N–H and O–H groups in total. The predicted octanol–water partition coefficient (Wildman–Crippen LogP) is 1.11. The zero-order chi connectivity index (χ0) is 12.6. The second-order valence-electron chi connectivity index (χ2n) is 5.43. The first-order valence-corrected chi connectivity index (χ1v) is 7.51. The molecule has 0 spiro atoms. The van der Waals surface area contributed by atoms with Crippen molar-refractivity contribution < 1.29 is 9.47 Å². The highest BCUT2D eigenvalue weighted by molar-refractivity contribution is 4.73. The van der Waals surface area contributed by atoms with Gasteiger partial charge in [0.2, 0.25) is 0 Å². The van der Waals surface area contributed by atoms with Crippen LogP contribution in [0, 0.1) is 5.92 Å². The van der Waals surface area contributed by atoms with E-state index in [1.807, 2.05) is 0 Å². The number of piperidine rings is 1. The summed E-state index contributed by atoms with van der Waals surface area (Å²) < 4.78 is 11.0. The Balaban J connectivity index is 1.47. The maximum Gasteiger partial charge on any atom is 0.0599 e. The van der Waals surface area contributed by atoms with E-state index in [9.17, 15) is 0 Å². The number of ether oxygens (including phenoxy) is 2. The molecule has 0 aromatic heterocycles. The summed E-state index contributed by atoms with van der Waals surface area (Å²) in [6.07, 6.45) is 4.14. The Bertz CT molecular complexity index is 212. The van der Waals surface area contributed by atoms with Crippen molar-refractivity contribution >= 4 is 0 Å². The summed E-state index contributed by atoms with van der Waals surface area (Å²) in [5, 5.41) is 3.56. The van der Waals surface area contributed by atoms with Gasteiger partial charge in [-0.15, -0.1) is 0 Å². The molecule has 106 valence electrons. The minimum absolute atomic E-state index is 0.509. The fourth-order valence-corrected chi connectivity index (χ4v) is 2.82. The van der Waals surface area contributed by atoms with Gasteiger partial charge in [-0.2, -0.15) is 0 Å². The van der Waals surface area contributed by atoms with Gasteiger partial charge in [0.05, 0.1) is 12.7 Å². The summed E-state index contributed by atoms with van der Waals surface area (Å²) >= 11 is 0. The minimum Gasteiger partial charge on any atom is -0.381 e. The lowest BCUT2D eigenvalue weighted by Crippen LogP contribution is -2.41. The van der Waals surface area contributed by atoms with Gasteiger partial charge in [0, 0.05) is 45.9 Å². The van der Waals surface area contributed by atoms with Crippen LogP contribution in [-0.2, 0) is 9.47 Å². The molecule has 4 heteroatoms. The monoisotopic (exact) mass is 256 g/mol. The number of rotatable bonds is 7. The van der Waals surface area contributed by atoms with Crippen LogP contribution in [-0.4, -0.2) is 63.5 Å². The number of hydrogen-bond donors (Lipinski definition) is 1. The van der Waals surface area contributed by atoms with E-state index < -0.39 is 0 Å². The molecule has 2 rings (SSSR count). The largest absolute Gasteiger partial charge is 0.381 e. The van der Waals surface area contributed by atoms with Crippen molar-refractivity contribution in [3.63, 3.8) is 0 Å². The van der Waals surface area contributed by atoms with Gasteiger partial charge < -0.3 is 19.7 Å². The second kappa shape index (κ2) is 8.10. The van der Waals surface area contributed by atoms with Crippen molar-refractivity contribution in [2.75, 3.05) is 52.5 Å². The first-order valence-electron chi connectivity index (χ1n) is 7.51. The van der Waals surface area contributed by atoms with E-state index in [4.69, 9.17) is 9.47 Å². The molecule has 0 bridgehead atoms. The van der Waals surface area contributed by atoms with E-state index in [0.717, 1.165) is 38.8 Å². The number of nitrogens with zero attached hydrogens (tertiary/aromatic N) is 1. The number of likely N-dealkylation sites (tertiary alicyclic amines) is 1. The Kier molecular flexibility index (Phi) is 6.41. The summed E-state index contributed by atoms with van der Waals surface area (Å²) in [5.74, 6) is 0.744. The summed E-state index contributed by atoms with van der Waals surface area (Å²) in [4.78, 5) is 2.55. The average molecular weight is 256 g/mol. The lowest BCUT2D eigenvalue weighted by atomic mass is 10.1. The van der Waals surface area contributed by atoms with Gasteiger partial charge >= 0.3 is 0 Å². The van der Waals surface area contributed by atoms with Gasteiger partial charge in [0.1, 0.15) is 0 Å². The summed E-state index contributed by atoms with van der Waals surface area (Å²) in [6.45, 7) is 10.6. The summed E-state index contributed by atoms with van der Waals surface area (Å²) in [7, 11) is 0. The summed E-state index contributed by atoms with van der Waals surface area (Å²) in [6, 6.07) is 0. The van der Waals surface area contributed by atoms with Crippen molar-refractivity contribution in [2.24, 2.45) is 5.92 Å². The van der Waals surface area contributed by atoms with E-state index >= 15 is 0 Å². The molecule has 0 aromatic rings. The lowest BCUT2D eigenvalue weighted by Gasteiger charge is -2.31. The molecule has 0 amide bonds. The fourth-order valence-electron chi connectivity index (χ4n) is 2.82. The zero-order valence-electron chi connectivity index (χ0n) is 11.7. The Morgan fingerprint density at radius 2 is 2.11 bits per heavy atom. The Hall–Kier alpha value is -0.160. The van der Waals surface area contributed by atoms with Crippen LogP contribution in [0.2, 0.25) is 0 Å². The van der Waals surface area contributed by atoms with Crippen LogP contribution < -0.4 is 5.32 Å². The standard InChI is InChI=1S/C14H28N2O2/c1-2-18-14-3-7-16(8-4-14)9-6-15-11-13-5-10-17-12-13/h13-15H,2-12H2,1H3. The Morgan fingerprint density at radius 3 is 2.78 bits per heavy atom. The van der Waals surface area contributed by atoms with Crippen LogP contribution in [0.15, 0.2) is 0 Å². The van der Waals surface area contributed by atoms with Crippen molar-refractivity contribution in [2.45, 2.75) is 32.3 Å². The third-order valence-corrected chi connectivity index (χ3v) is 4.00. The first-order chi connectivity index (χ1) is 8.88. The second-order valence-corrected chi connectivity index (χ2v) is 5.43. The smallest absolute Gasteiger partial charge is 0.0599 e. The van der Waals surface area contributed by atoms with Gasteiger partial charge in [0.15, 0.2) is 0 Å². The minimum atomic E-state index is 0.509. The highest BCUT2D eigenvalue weighted by Gasteiger charge is 2.19. The van der Waals surface area contributed by atoms with Crippen molar-refractivity contribution in [1.82, 2.24) is 10.2 Å². The molecule has 2 heterocycles. The highest BCUT2D eigenvalue weighted by atomic mass is 16.5. The fraction of sp³-hybridized carbons (Fsp3) is 1.00. The molecular weight excluding hydrogens is 228 g/mol. The van der Waals surface area contributed by atoms with Crippen LogP contribution in [0.3, 0.4) is 0 Å². The SMILES string of the molecule is CCOC1CCN(CCNCC2CCOC2)CC1. The number of nitrogens with one attached hydrogen (secondary N) is 1. The lowest BCUT2D eigenvalue weighted by molar-refractivity contribution is 0.0145. The molecule has 18 heavy (non-hydrogen) atoms. The van der Waals surface area contributed by atoms with Gasteiger partial charge in [-0.3, -0.25) is 0 Å². The molecule has 2 saturated heterocycles. The van der Waals surface area contributed by atoms with Gasteiger partial charge in [-0.25, -0.2) is 0 Å². The van der Waals surface area contributed by atoms with E-state index in [1.165, 1.54) is 38.9 Å². The molecule has 0 aliphatic carbocycles. The molecule has 0 saturated carbocycles. The first kappa shape index (κ1) is 14.3. The van der Waals surface area contributed by atoms with E-state index in [0.29, 0.717) is 6.10 Å². The van der Waals surface area contributed by atoms with Crippen molar-refractivity contribution in [1.29, 1.82) is 0 Å². The molecule has 0 radical (unpaired) electrons. The molecule has 0 aromatic carbocycles. The average Bonchev–Trinajstić information content (AvgIpc) is 2.90. The quantitative estimate of drug-likeness (QED) is 0.692. The maximum absolute atomic E-state index is 5.67. The predicted molar refractivity (Wildman–Crippen MR) is 72.9 cm³/mol. The van der Waals surface area contributed by atoms with E-state index in [-0.39, 0.29) is 0 Å². The van der Waals surface area contributed by atoms with Gasteiger partial charge in [-0.05, 0) is 32.1 Å². The molecule has 2 aliphatic heterocycles.